The first-order valence-electron chi connectivity index (χ1n) is 5.62. The van der Waals surface area contributed by atoms with E-state index in [0.29, 0.717) is 6.61 Å². The monoisotopic (exact) mass is 238 g/mol. The highest BCUT2D eigenvalue weighted by molar-refractivity contribution is 6.24. The van der Waals surface area contributed by atoms with E-state index in [2.05, 4.69) is 12.1 Å². The molecule has 86 valence electrons. The molecule has 0 aromatic heterocycles. The normalized spacial score (nSPS) is 22.8. The number of aryl methyl sites for hydroxylation is 1. The minimum Gasteiger partial charge on any atom is -0.465 e. The minimum atomic E-state index is -0.131. The van der Waals surface area contributed by atoms with Gasteiger partial charge in [0.1, 0.15) is 0 Å². The highest BCUT2D eigenvalue weighted by atomic mass is 35.5. The Bertz CT molecular complexity index is 350. The highest BCUT2D eigenvalue weighted by Gasteiger charge is 2.42. The van der Waals surface area contributed by atoms with Crippen molar-refractivity contribution in [1.82, 2.24) is 0 Å². The number of alkyl halides is 1. The third-order valence-electron chi connectivity index (χ3n) is 2.71. The van der Waals surface area contributed by atoms with Crippen LogP contribution in [0, 0.1) is 5.92 Å². The van der Waals surface area contributed by atoms with E-state index in [0.717, 1.165) is 19.3 Å². The van der Waals surface area contributed by atoms with Gasteiger partial charge in [-0.25, -0.2) is 0 Å². The summed E-state index contributed by atoms with van der Waals surface area (Å²) >= 11 is 5.75. The van der Waals surface area contributed by atoms with Crippen molar-refractivity contribution in [2.24, 2.45) is 5.92 Å². The molecule has 1 fully saturated rings. The summed E-state index contributed by atoms with van der Waals surface area (Å²) in [5.74, 6) is -0.175. The van der Waals surface area contributed by atoms with Gasteiger partial charge in [0.15, 0.2) is 0 Å². The standard InChI is InChI=1S/C13H15ClO2/c14-12-9-11(12)13(15)16-8-4-7-10-5-2-1-3-6-10/h1-3,5-6,11-12H,4,7-9H2/t11-,12-/m0/s1. The van der Waals surface area contributed by atoms with Crippen molar-refractivity contribution in [3.8, 4) is 0 Å². The zero-order valence-corrected chi connectivity index (χ0v) is 9.82. The maximum Gasteiger partial charge on any atom is 0.310 e. The van der Waals surface area contributed by atoms with E-state index in [1.165, 1.54) is 5.56 Å². The molecule has 2 rings (SSSR count). The number of halogens is 1. The van der Waals surface area contributed by atoms with Crippen LogP contribution in [-0.2, 0) is 16.0 Å². The summed E-state index contributed by atoms with van der Waals surface area (Å²) in [4.78, 5) is 11.3. The quantitative estimate of drug-likeness (QED) is 0.448. The van der Waals surface area contributed by atoms with Gasteiger partial charge in [-0.05, 0) is 24.8 Å². The van der Waals surface area contributed by atoms with Gasteiger partial charge in [0.2, 0.25) is 0 Å². The molecule has 0 heterocycles. The number of hydrogen-bond donors (Lipinski definition) is 0. The average molecular weight is 239 g/mol. The zero-order valence-electron chi connectivity index (χ0n) is 9.06. The molecule has 0 amide bonds. The van der Waals surface area contributed by atoms with Gasteiger partial charge in [-0.3, -0.25) is 4.79 Å². The van der Waals surface area contributed by atoms with E-state index in [1.807, 2.05) is 18.2 Å². The first kappa shape index (κ1) is 11.5. The molecule has 1 aliphatic rings. The molecule has 1 saturated carbocycles. The third kappa shape index (κ3) is 3.24. The van der Waals surface area contributed by atoms with E-state index in [-0.39, 0.29) is 17.3 Å². The molecule has 3 heteroatoms. The second kappa shape index (κ2) is 5.35. The Morgan fingerprint density at radius 2 is 2.06 bits per heavy atom. The Morgan fingerprint density at radius 1 is 1.38 bits per heavy atom. The molecule has 2 atom stereocenters. The Labute approximate surface area is 101 Å². The third-order valence-corrected chi connectivity index (χ3v) is 3.19. The molecular weight excluding hydrogens is 224 g/mol. The van der Waals surface area contributed by atoms with Crippen LogP contribution in [0.25, 0.3) is 0 Å². The van der Waals surface area contributed by atoms with Crippen LogP contribution in [-0.4, -0.2) is 18.0 Å². The van der Waals surface area contributed by atoms with Crippen LogP contribution in [0.5, 0.6) is 0 Å². The molecular formula is C13H15ClO2. The number of ether oxygens (including phenoxy) is 1. The molecule has 0 saturated heterocycles. The Hall–Kier alpha value is -1.02. The Morgan fingerprint density at radius 3 is 2.69 bits per heavy atom. The van der Waals surface area contributed by atoms with Crippen LogP contribution in [0.3, 0.4) is 0 Å². The fourth-order valence-corrected chi connectivity index (χ4v) is 1.90. The predicted molar refractivity (Wildman–Crippen MR) is 63.5 cm³/mol. The smallest absolute Gasteiger partial charge is 0.310 e. The Kier molecular flexibility index (Phi) is 3.83. The van der Waals surface area contributed by atoms with E-state index in [9.17, 15) is 4.79 Å². The molecule has 0 radical (unpaired) electrons. The lowest BCUT2D eigenvalue weighted by Crippen LogP contribution is -2.09. The molecule has 1 aromatic rings. The lowest BCUT2D eigenvalue weighted by atomic mass is 10.1. The predicted octanol–water partition coefficient (Wildman–Crippen LogP) is 2.79. The number of rotatable bonds is 5. The maximum atomic E-state index is 11.3. The minimum absolute atomic E-state index is 0.0154. The van der Waals surface area contributed by atoms with Crippen molar-refractivity contribution >= 4 is 17.6 Å². The number of carbonyl (C=O) groups is 1. The largest absolute Gasteiger partial charge is 0.465 e. The van der Waals surface area contributed by atoms with Crippen LogP contribution in [0.4, 0.5) is 0 Å². The van der Waals surface area contributed by atoms with Gasteiger partial charge in [0, 0.05) is 5.38 Å². The molecule has 0 N–H and O–H groups in total. The van der Waals surface area contributed by atoms with Gasteiger partial charge in [0.25, 0.3) is 0 Å². The van der Waals surface area contributed by atoms with E-state index >= 15 is 0 Å². The molecule has 0 spiro atoms. The molecule has 1 aromatic carbocycles. The van der Waals surface area contributed by atoms with E-state index < -0.39 is 0 Å². The number of benzene rings is 1. The van der Waals surface area contributed by atoms with Crippen LogP contribution in [0.2, 0.25) is 0 Å². The van der Waals surface area contributed by atoms with Crippen LogP contribution in [0.15, 0.2) is 30.3 Å². The molecule has 0 aliphatic heterocycles. The van der Waals surface area contributed by atoms with Crippen molar-refractivity contribution in [3.63, 3.8) is 0 Å². The Balaban J connectivity index is 1.60. The topological polar surface area (TPSA) is 26.3 Å². The van der Waals surface area contributed by atoms with Crippen molar-refractivity contribution in [3.05, 3.63) is 35.9 Å². The SMILES string of the molecule is O=C(OCCCc1ccccc1)[C@H]1C[C@@H]1Cl. The fourth-order valence-electron chi connectivity index (χ4n) is 1.61. The molecule has 1 aliphatic carbocycles. The second-order valence-corrected chi connectivity index (χ2v) is 4.68. The average Bonchev–Trinajstić information content (AvgIpc) is 3.03. The van der Waals surface area contributed by atoms with Crippen molar-refractivity contribution in [2.45, 2.75) is 24.6 Å². The summed E-state index contributed by atoms with van der Waals surface area (Å²) in [7, 11) is 0. The van der Waals surface area contributed by atoms with Crippen LogP contribution in [0.1, 0.15) is 18.4 Å². The summed E-state index contributed by atoms with van der Waals surface area (Å²) in [6.07, 6.45) is 2.59. The van der Waals surface area contributed by atoms with E-state index in [1.54, 1.807) is 0 Å². The molecule has 0 bridgehead atoms. The summed E-state index contributed by atoms with van der Waals surface area (Å²) < 4.78 is 5.13. The number of hydrogen-bond acceptors (Lipinski definition) is 2. The van der Waals surface area contributed by atoms with Crippen molar-refractivity contribution < 1.29 is 9.53 Å². The maximum absolute atomic E-state index is 11.3. The fraction of sp³-hybridized carbons (Fsp3) is 0.462. The molecule has 0 unspecified atom stereocenters. The molecule has 2 nitrogen and oxygen atoms in total. The lowest BCUT2D eigenvalue weighted by Gasteiger charge is -2.03. The first-order valence-corrected chi connectivity index (χ1v) is 6.05. The van der Waals surface area contributed by atoms with Crippen molar-refractivity contribution in [2.75, 3.05) is 6.61 Å². The highest BCUT2D eigenvalue weighted by Crippen LogP contribution is 2.36. The van der Waals surface area contributed by atoms with Gasteiger partial charge in [0.05, 0.1) is 12.5 Å². The summed E-state index contributed by atoms with van der Waals surface area (Å²) in [5.41, 5.74) is 1.28. The van der Waals surface area contributed by atoms with Gasteiger partial charge < -0.3 is 4.74 Å². The number of esters is 1. The van der Waals surface area contributed by atoms with Gasteiger partial charge in [-0.1, -0.05) is 30.3 Å². The van der Waals surface area contributed by atoms with Gasteiger partial charge >= 0.3 is 5.97 Å². The first-order chi connectivity index (χ1) is 7.77. The second-order valence-electron chi connectivity index (χ2n) is 4.11. The van der Waals surface area contributed by atoms with Gasteiger partial charge in [-0.15, -0.1) is 11.6 Å². The lowest BCUT2D eigenvalue weighted by molar-refractivity contribution is -0.145. The van der Waals surface area contributed by atoms with Crippen LogP contribution < -0.4 is 0 Å². The zero-order chi connectivity index (χ0) is 11.4. The van der Waals surface area contributed by atoms with E-state index in [4.69, 9.17) is 16.3 Å². The summed E-state index contributed by atoms with van der Waals surface area (Å²) in [5, 5.41) is 0.0154. The summed E-state index contributed by atoms with van der Waals surface area (Å²) in [6.45, 7) is 0.494. The van der Waals surface area contributed by atoms with Gasteiger partial charge in [-0.2, -0.15) is 0 Å². The number of carbonyl (C=O) groups excluding carboxylic acids is 1. The van der Waals surface area contributed by atoms with Crippen molar-refractivity contribution in [1.29, 1.82) is 0 Å². The molecule has 16 heavy (non-hydrogen) atoms. The van der Waals surface area contributed by atoms with Crippen LogP contribution >= 0.6 is 11.6 Å². The summed E-state index contributed by atoms with van der Waals surface area (Å²) in [6, 6.07) is 10.2.